The van der Waals surface area contributed by atoms with Crippen LogP contribution in [0.1, 0.15) is 30.0 Å². The molecule has 1 amide bonds. The first-order chi connectivity index (χ1) is 10.5. The molecule has 0 unspecified atom stereocenters. The van der Waals surface area contributed by atoms with Gasteiger partial charge in [0.15, 0.2) is 11.6 Å². The van der Waals surface area contributed by atoms with E-state index in [9.17, 15) is 9.18 Å². The number of aryl methyl sites for hydroxylation is 2. The molecular weight excluding hydrogens is 281 g/mol. The second-order valence-electron chi connectivity index (χ2n) is 5.23. The molecule has 22 heavy (non-hydrogen) atoms. The van der Waals surface area contributed by atoms with Crippen LogP contribution in [0.25, 0.3) is 0 Å². The van der Waals surface area contributed by atoms with Gasteiger partial charge in [-0.3, -0.25) is 4.79 Å². The molecule has 0 atom stereocenters. The van der Waals surface area contributed by atoms with Crippen LogP contribution in [0.5, 0.6) is 5.75 Å². The highest BCUT2D eigenvalue weighted by Gasteiger charge is 2.10. The molecule has 116 valence electrons. The summed E-state index contributed by atoms with van der Waals surface area (Å²) in [4.78, 5) is 11.6. The summed E-state index contributed by atoms with van der Waals surface area (Å²) in [5.74, 6) is -0.234. The summed E-state index contributed by atoms with van der Waals surface area (Å²) in [5.41, 5.74) is 3.39. The van der Waals surface area contributed by atoms with E-state index in [1.54, 1.807) is 19.1 Å². The number of benzene rings is 2. The van der Waals surface area contributed by atoms with Gasteiger partial charge in [-0.2, -0.15) is 0 Å². The molecule has 0 saturated carbocycles. The zero-order valence-electron chi connectivity index (χ0n) is 13.1. The Morgan fingerprint density at radius 1 is 1.23 bits per heavy atom. The minimum atomic E-state index is -0.382. The van der Waals surface area contributed by atoms with Gasteiger partial charge >= 0.3 is 0 Å². The standard InChI is InChI=1S/C18H20FNO2/c1-4-18(21)20-16-7-5-6-13(3)14(16)11-22-17-9-8-12(2)10-15(17)19/h5-10H,4,11H2,1-3H3,(H,20,21). The van der Waals surface area contributed by atoms with Crippen molar-refractivity contribution in [1.29, 1.82) is 0 Å². The summed E-state index contributed by atoms with van der Waals surface area (Å²) in [5, 5.41) is 2.85. The Kier molecular flexibility index (Phi) is 5.15. The highest BCUT2D eigenvalue weighted by atomic mass is 19.1. The maximum Gasteiger partial charge on any atom is 0.224 e. The Bertz CT molecular complexity index is 683. The number of anilines is 1. The van der Waals surface area contributed by atoms with Gasteiger partial charge in [-0.1, -0.05) is 25.1 Å². The van der Waals surface area contributed by atoms with Crippen LogP contribution in [-0.4, -0.2) is 5.91 Å². The maximum atomic E-state index is 13.8. The zero-order chi connectivity index (χ0) is 16.1. The third-order valence-electron chi connectivity index (χ3n) is 3.46. The van der Waals surface area contributed by atoms with Gasteiger partial charge in [-0.15, -0.1) is 0 Å². The van der Waals surface area contributed by atoms with Crippen LogP contribution in [0.3, 0.4) is 0 Å². The lowest BCUT2D eigenvalue weighted by Crippen LogP contribution is -2.13. The van der Waals surface area contributed by atoms with Crippen molar-refractivity contribution in [2.24, 2.45) is 0 Å². The van der Waals surface area contributed by atoms with Crippen molar-refractivity contribution in [2.75, 3.05) is 5.32 Å². The average molecular weight is 301 g/mol. The average Bonchev–Trinajstić information content (AvgIpc) is 2.48. The van der Waals surface area contributed by atoms with Gasteiger partial charge < -0.3 is 10.1 Å². The number of carbonyl (C=O) groups is 1. The van der Waals surface area contributed by atoms with Gasteiger partial charge in [0.1, 0.15) is 6.61 Å². The Morgan fingerprint density at radius 2 is 2.00 bits per heavy atom. The van der Waals surface area contributed by atoms with Crippen LogP contribution in [-0.2, 0) is 11.4 Å². The first-order valence-corrected chi connectivity index (χ1v) is 7.28. The lowest BCUT2D eigenvalue weighted by Gasteiger charge is -2.15. The second-order valence-corrected chi connectivity index (χ2v) is 5.23. The van der Waals surface area contributed by atoms with Crippen LogP contribution in [0, 0.1) is 19.7 Å². The fourth-order valence-corrected chi connectivity index (χ4v) is 2.12. The van der Waals surface area contributed by atoms with Crippen LogP contribution in [0.15, 0.2) is 36.4 Å². The summed E-state index contributed by atoms with van der Waals surface area (Å²) < 4.78 is 19.4. The number of hydrogen-bond donors (Lipinski definition) is 1. The smallest absolute Gasteiger partial charge is 0.224 e. The molecular formula is C18H20FNO2. The predicted octanol–water partition coefficient (Wildman–Crippen LogP) is 4.37. The maximum absolute atomic E-state index is 13.8. The van der Waals surface area contributed by atoms with Gasteiger partial charge in [0.05, 0.1) is 0 Å². The van der Waals surface area contributed by atoms with E-state index in [1.807, 2.05) is 32.0 Å². The minimum absolute atomic E-state index is 0.0617. The highest BCUT2D eigenvalue weighted by molar-refractivity contribution is 5.91. The number of ether oxygens (including phenoxy) is 1. The Hall–Kier alpha value is -2.36. The van der Waals surface area contributed by atoms with Gasteiger partial charge in [0.25, 0.3) is 0 Å². The predicted molar refractivity (Wildman–Crippen MR) is 85.6 cm³/mol. The van der Waals surface area contributed by atoms with Gasteiger partial charge in [-0.25, -0.2) is 4.39 Å². The van der Waals surface area contributed by atoms with Crippen molar-refractivity contribution < 1.29 is 13.9 Å². The molecule has 2 rings (SSSR count). The summed E-state index contributed by atoms with van der Waals surface area (Å²) in [6.07, 6.45) is 0.404. The number of hydrogen-bond acceptors (Lipinski definition) is 2. The monoisotopic (exact) mass is 301 g/mol. The number of halogens is 1. The van der Waals surface area contributed by atoms with Crippen molar-refractivity contribution in [3.05, 3.63) is 58.9 Å². The van der Waals surface area contributed by atoms with Crippen LogP contribution in [0.4, 0.5) is 10.1 Å². The second kappa shape index (κ2) is 7.07. The molecule has 0 aliphatic carbocycles. The third-order valence-corrected chi connectivity index (χ3v) is 3.46. The molecule has 0 bridgehead atoms. The molecule has 0 fully saturated rings. The summed E-state index contributed by atoms with van der Waals surface area (Å²) >= 11 is 0. The van der Waals surface area contributed by atoms with Crippen LogP contribution >= 0.6 is 0 Å². The van der Waals surface area contributed by atoms with E-state index in [0.717, 1.165) is 16.7 Å². The van der Waals surface area contributed by atoms with Gasteiger partial charge in [0.2, 0.25) is 5.91 Å². The quantitative estimate of drug-likeness (QED) is 0.890. The largest absolute Gasteiger partial charge is 0.486 e. The van der Waals surface area contributed by atoms with Crippen LogP contribution < -0.4 is 10.1 Å². The van der Waals surface area contributed by atoms with Gasteiger partial charge in [-0.05, 0) is 43.2 Å². The van der Waals surface area contributed by atoms with E-state index in [1.165, 1.54) is 6.07 Å². The van der Waals surface area contributed by atoms with E-state index < -0.39 is 0 Å². The molecule has 0 saturated heterocycles. The van der Waals surface area contributed by atoms with Crippen molar-refractivity contribution in [3.8, 4) is 5.75 Å². The Balaban J connectivity index is 2.19. The Labute approximate surface area is 130 Å². The number of nitrogens with one attached hydrogen (secondary N) is 1. The van der Waals surface area contributed by atoms with E-state index >= 15 is 0 Å². The van der Waals surface area contributed by atoms with Crippen molar-refractivity contribution in [3.63, 3.8) is 0 Å². The first-order valence-electron chi connectivity index (χ1n) is 7.28. The molecule has 2 aromatic rings. The summed E-state index contributed by atoms with van der Waals surface area (Å²) in [7, 11) is 0. The summed E-state index contributed by atoms with van der Waals surface area (Å²) in [6, 6.07) is 10.5. The Morgan fingerprint density at radius 3 is 2.68 bits per heavy atom. The summed E-state index contributed by atoms with van der Waals surface area (Å²) in [6.45, 7) is 5.76. The number of rotatable bonds is 5. The highest BCUT2D eigenvalue weighted by Crippen LogP contribution is 2.24. The van der Waals surface area contributed by atoms with Crippen LogP contribution in [0.2, 0.25) is 0 Å². The minimum Gasteiger partial charge on any atom is -0.486 e. The lowest BCUT2D eigenvalue weighted by atomic mass is 10.1. The number of carbonyl (C=O) groups excluding carboxylic acids is 1. The topological polar surface area (TPSA) is 38.3 Å². The molecule has 2 aromatic carbocycles. The molecule has 0 radical (unpaired) electrons. The third kappa shape index (κ3) is 3.85. The van der Waals surface area contributed by atoms with E-state index in [-0.39, 0.29) is 24.1 Å². The molecule has 0 aliphatic heterocycles. The SMILES string of the molecule is CCC(=O)Nc1cccc(C)c1COc1ccc(C)cc1F. The van der Waals surface area contributed by atoms with E-state index in [0.29, 0.717) is 12.1 Å². The zero-order valence-corrected chi connectivity index (χ0v) is 13.1. The molecule has 0 spiro atoms. The molecule has 0 heterocycles. The molecule has 0 aliphatic rings. The molecule has 0 aromatic heterocycles. The van der Waals surface area contributed by atoms with Crippen molar-refractivity contribution in [1.82, 2.24) is 0 Å². The fraction of sp³-hybridized carbons (Fsp3) is 0.278. The van der Waals surface area contributed by atoms with E-state index in [4.69, 9.17) is 4.74 Å². The normalized spacial score (nSPS) is 10.4. The molecule has 4 heteroatoms. The lowest BCUT2D eigenvalue weighted by molar-refractivity contribution is -0.115. The molecule has 1 N–H and O–H groups in total. The molecule has 3 nitrogen and oxygen atoms in total. The van der Waals surface area contributed by atoms with Crippen molar-refractivity contribution in [2.45, 2.75) is 33.8 Å². The number of amides is 1. The fourth-order valence-electron chi connectivity index (χ4n) is 2.12. The van der Waals surface area contributed by atoms with Gasteiger partial charge in [0, 0.05) is 17.7 Å². The van der Waals surface area contributed by atoms with E-state index in [2.05, 4.69) is 5.32 Å². The first kappa shape index (κ1) is 16.0. The van der Waals surface area contributed by atoms with Crippen molar-refractivity contribution >= 4 is 11.6 Å².